The van der Waals surface area contributed by atoms with Gasteiger partial charge in [-0.15, -0.1) is 0 Å². The molecule has 1 aliphatic carbocycles. The van der Waals surface area contributed by atoms with E-state index < -0.39 is 0 Å². The van der Waals surface area contributed by atoms with Crippen LogP contribution in [0.2, 0.25) is 0 Å². The van der Waals surface area contributed by atoms with E-state index in [1.165, 1.54) is 58.7 Å². The second kappa shape index (κ2) is 5.45. The first-order chi connectivity index (χ1) is 8.38. The number of hydrogen-bond acceptors (Lipinski definition) is 5. The maximum absolute atomic E-state index is 5.72. The van der Waals surface area contributed by atoms with Crippen molar-refractivity contribution in [2.75, 3.05) is 0 Å². The minimum absolute atomic E-state index is 0.738. The van der Waals surface area contributed by atoms with Crippen molar-refractivity contribution in [3.8, 4) is 0 Å². The summed E-state index contributed by atoms with van der Waals surface area (Å²) in [5.74, 6) is 0. The molecule has 1 fully saturated rings. The molecule has 0 bridgehead atoms. The van der Waals surface area contributed by atoms with Crippen molar-refractivity contribution in [3.63, 3.8) is 0 Å². The van der Waals surface area contributed by atoms with Gasteiger partial charge in [0.1, 0.15) is 0 Å². The lowest BCUT2D eigenvalue weighted by Gasteiger charge is -2.28. The van der Waals surface area contributed by atoms with E-state index in [9.17, 15) is 0 Å². The van der Waals surface area contributed by atoms with E-state index in [0.717, 1.165) is 6.04 Å². The number of fused-ring (bicyclic) bond motifs is 1. The first-order valence-corrected chi connectivity index (χ1v) is 8.46. The molecule has 2 N–H and O–H groups in total. The lowest BCUT2D eigenvalue weighted by atomic mass is 9.96. The molecule has 0 atom stereocenters. The van der Waals surface area contributed by atoms with E-state index in [1.54, 1.807) is 0 Å². The normalized spacial score (nSPS) is 21.7. The van der Waals surface area contributed by atoms with E-state index >= 15 is 0 Å². The van der Waals surface area contributed by atoms with Crippen LogP contribution < -0.4 is 5.14 Å². The van der Waals surface area contributed by atoms with Gasteiger partial charge in [-0.05, 0) is 60.8 Å². The average Bonchev–Trinajstić information content (AvgIpc) is 2.83. The maximum Gasteiger partial charge on any atom is 0.0537 e. The zero-order valence-corrected chi connectivity index (χ0v) is 12.0. The predicted molar refractivity (Wildman–Crippen MR) is 76.9 cm³/mol. The van der Waals surface area contributed by atoms with Gasteiger partial charge in [-0.2, -0.15) is 3.71 Å². The Labute approximate surface area is 115 Å². The summed E-state index contributed by atoms with van der Waals surface area (Å²) in [6.07, 6.45) is 6.88. The van der Waals surface area contributed by atoms with E-state index in [0.29, 0.717) is 0 Å². The largest absolute Gasteiger partial charge is 0.274 e. The monoisotopic (exact) mass is 284 g/mol. The highest BCUT2D eigenvalue weighted by molar-refractivity contribution is 8.15. The Balaban J connectivity index is 1.77. The van der Waals surface area contributed by atoms with Crippen LogP contribution in [0.5, 0.6) is 0 Å². The summed E-state index contributed by atoms with van der Waals surface area (Å²) in [6.45, 7) is 0. The lowest BCUT2D eigenvalue weighted by Crippen LogP contribution is -2.24. The van der Waals surface area contributed by atoms with Crippen LogP contribution in [0.3, 0.4) is 0 Å². The summed E-state index contributed by atoms with van der Waals surface area (Å²) in [6, 6.07) is 7.16. The summed E-state index contributed by atoms with van der Waals surface area (Å²) in [7, 11) is 0. The van der Waals surface area contributed by atoms with Gasteiger partial charge >= 0.3 is 0 Å². The molecule has 17 heavy (non-hydrogen) atoms. The highest BCUT2D eigenvalue weighted by Crippen LogP contribution is 2.52. The van der Waals surface area contributed by atoms with E-state index in [-0.39, 0.29) is 0 Å². The Kier molecular flexibility index (Phi) is 3.92. The molecule has 0 aromatic heterocycles. The highest BCUT2D eigenvalue weighted by atomic mass is 32.2. The predicted octanol–water partition coefficient (Wildman–Crippen LogP) is 4.31. The molecule has 5 heteroatoms. The molecule has 0 spiro atoms. The number of nitrogens with two attached hydrogens (primary N) is 1. The third-order valence-corrected chi connectivity index (χ3v) is 6.73. The van der Waals surface area contributed by atoms with Gasteiger partial charge in [0.2, 0.25) is 0 Å². The minimum Gasteiger partial charge on any atom is -0.274 e. The second-order valence-corrected chi connectivity index (χ2v) is 7.37. The van der Waals surface area contributed by atoms with Crippen LogP contribution in [-0.4, -0.2) is 9.75 Å². The maximum atomic E-state index is 5.72. The molecule has 2 nitrogen and oxygen atoms in total. The zero-order valence-electron chi connectivity index (χ0n) is 9.59. The zero-order chi connectivity index (χ0) is 11.7. The Morgan fingerprint density at radius 1 is 1.18 bits per heavy atom. The van der Waals surface area contributed by atoms with Crippen molar-refractivity contribution in [2.45, 2.75) is 52.8 Å². The van der Waals surface area contributed by atoms with E-state index in [4.69, 9.17) is 5.14 Å². The fourth-order valence-corrected chi connectivity index (χ4v) is 5.67. The van der Waals surface area contributed by atoms with Gasteiger partial charge < -0.3 is 0 Å². The second-order valence-electron chi connectivity index (χ2n) is 4.46. The van der Waals surface area contributed by atoms with Crippen molar-refractivity contribution < 1.29 is 0 Å². The van der Waals surface area contributed by atoms with Crippen LogP contribution in [0, 0.1) is 0 Å². The van der Waals surface area contributed by atoms with Gasteiger partial charge in [0.05, 0.1) is 4.90 Å². The summed E-state index contributed by atoms with van der Waals surface area (Å²) in [5.41, 5.74) is 0. The van der Waals surface area contributed by atoms with Crippen molar-refractivity contribution in [1.29, 1.82) is 0 Å². The third-order valence-electron chi connectivity index (χ3n) is 3.31. The van der Waals surface area contributed by atoms with Crippen LogP contribution in [0.15, 0.2) is 32.9 Å². The van der Waals surface area contributed by atoms with Gasteiger partial charge in [0.25, 0.3) is 0 Å². The Hall–Kier alpha value is 0.190. The fourth-order valence-electron chi connectivity index (χ4n) is 2.40. The molecule has 1 heterocycles. The summed E-state index contributed by atoms with van der Waals surface area (Å²) < 4.78 is 2.49. The van der Waals surface area contributed by atoms with Crippen LogP contribution in [0.25, 0.3) is 0 Å². The van der Waals surface area contributed by atoms with E-state index in [1.807, 2.05) is 23.9 Å². The molecule has 1 aromatic rings. The molecule has 1 aliphatic heterocycles. The fraction of sp³-hybridized carbons (Fsp3) is 0.500. The summed E-state index contributed by atoms with van der Waals surface area (Å²) in [4.78, 5) is 3.94. The molecule has 1 aromatic carbocycles. The SMILES string of the molecule is NSc1cccc2c1SN(C1CCCCC1)S2. The molecule has 0 amide bonds. The van der Waals surface area contributed by atoms with Gasteiger partial charge in [0, 0.05) is 15.8 Å². The molecular formula is C12H16N2S3. The van der Waals surface area contributed by atoms with Gasteiger partial charge in [0.15, 0.2) is 0 Å². The van der Waals surface area contributed by atoms with Crippen molar-refractivity contribution >= 4 is 35.8 Å². The highest BCUT2D eigenvalue weighted by Gasteiger charge is 2.30. The Bertz CT molecular complexity index is 405. The van der Waals surface area contributed by atoms with Crippen LogP contribution in [-0.2, 0) is 0 Å². The molecular weight excluding hydrogens is 268 g/mol. The van der Waals surface area contributed by atoms with Crippen LogP contribution >= 0.6 is 35.8 Å². The van der Waals surface area contributed by atoms with Crippen molar-refractivity contribution in [2.24, 2.45) is 5.14 Å². The summed E-state index contributed by atoms with van der Waals surface area (Å²) in [5, 5.41) is 5.72. The van der Waals surface area contributed by atoms with Crippen LogP contribution in [0.1, 0.15) is 32.1 Å². The topological polar surface area (TPSA) is 29.3 Å². The molecule has 0 saturated heterocycles. The standard InChI is InChI=1S/C12H16N2S3/c13-15-10-7-4-8-11-12(10)17-14(16-11)9-5-2-1-3-6-9/h4,7-9H,1-3,5-6,13H2. The van der Waals surface area contributed by atoms with Gasteiger partial charge in [-0.1, -0.05) is 25.3 Å². The van der Waals surface area contributed by atoms with Crippen molar-refractivity contribution in [1.82, 2.24) is 3.71 Å². The first-order valence-electron chi connectivity index (χ1n) is 6.03. The smallest absolute Gasteiger partial charge is 0.0537 e. The number of benzene rings is 1. The first kappa shape index (κ1) is 12.2. The number of rotatable bonds is 2. The summed E-state index contributed by atoms with van der Waals surface area (Å²) >= 11 is 5.15. The minimum atomic E-state index is 0.738. The molecule has 3 rings (SSSR count). The molecule has 0 unspecified atom stereocenters. The van der Waals surface area contributed by atoms with E-state index in [2.05, 4.69) is 21.9 Å². The molecule has 2 aliphatic rings. The number of nitrogens with zero attached hydrogens (tertiary/aromatic N) is 1. The van der Waals surface area contributed by atoms with Gasteiger partial charge in [-0.3, -0.25) is 5.14 Å². The Morgan fingerprint density at radius 3 is 2.76 bits per heavy atom. The molecule has 1 saturated carbocycles. The molecule has 92 valence electrons. The van der Waals surface area contributed by atoms with Crippen LogP contribution in [0.4, 0.5) is 0 Å². The van der Waals surface area contributed by atoms with Gasteiger partial charge in [-0.25, -0.2) is 0 Å². The Morgan fingerprint density at radius 2 is 2.00 bits per heavy atom. The molecule has 0 radical (unpaired) electrons. The third kappa shape index (κ3) is 2.49. The quantitative estimate of drug-likeness (QED) is 0.817. The van der Waals surface area contributed by atoms with Crippen molar-refractivity contribution in [3.05, 3.63) is 18.2 Å². The lowest BCUT2D eigenvalue weighted by molar-refractivity contribution is 0.364. The number of hydrogen-bond donors (Lipinski definition) is 1. The average molecular weight is 284 g/mol.